The van der Waals surface area contributed by atoms with Crippen molar-refractivity contribution >= 4 is 17.6 Å². The number of nitriles is 1. The van der Waals surface area contributed by atoms with Crippen molar-refractivity contribution in [3.05, 3.63) is 24.0 Å². The van der Waals surface area contributed by atoms with E-state index < -0.39 is 11.9 Å². The summed E-state index contributed by atoms with van der Waals surface area (Å²) >= 11 is 0. The normalized spacial score (nSPS) is 9.00. The molecule has 1 amide bonds. The van der Waals surface area contributed by atoms with Crippen LogP contribution in [0.3, 0.4) is 0 Å². The fraction of sp³-hybridized carbons (Fsp3) is 0.200. The SMILES string of the molecule is COC(=O)c1ncccc1NC(=O)CC#N. The molecule has 6 heteroatoms. The van der Waals surface area contributed by atoms with Gasteiger partial charge in [0.2, 0.25) is 5.91 Å². The van der Waals surface area contributed by atoms with E-state index in [4.69, 9.17) is 5.26 Å². The van der Waals surface area contributed by atoms with E-state index in [-0.39, 0.29) is 17.8 Å². The number of carbonyl (C=O) groups excluding carboxylic acids is 2. The van der Waals surface area contributed by atoms with Crippen LogP contribution < -0.4 is 5.32 Å². The number of aromatic nitrogens is 1. The van der Waals surface area contributed by atoms with Crippen molar-refractivity contribution in [3.8, 4) is 6.07 Å². The summed E-state index contributed by atoms with van der Waals surface area (Å²) in [6, 6.07) is 4.77. The minimum Gasteiger partial charge on any atom is -0.464 e. The summed E-state index contributed by atoms with van der Waals surface area (Å²) in [7, 11) is 1.22. The van der Waals surface area contributed by atoms with E-state index in [1.54, 1.807) is 12.1 Å². The molecule has 0 spiro atoms. The van der Waals surface area contributed by atoms with Gasteiger partial charge in [0, 0.05) is 6.20 Å². The van der Waals surface area contributed by atoms with Crippen LogP contribution in [0.25, 0.3) is 0 Å². The fourth-order valence-corrected chi connectivity index (χ4v) is 1.03. The number of hydrogen-bond donors (Lipinski definition) is 1. The summed E-state index contributed by atoms with van der Waals surface area (Å²) in [5.41, 5.74) is 0.242. The highest BCUT2D eigenvalue weighted by Gasteiger charge is 2.14. The van der Waals surface area contributed by atoms with Gasteiger partial charge in [-0.15, -0.1) is 0 Å². The summed E-state index contributed by atoms with van der Waals surface area (Å²) in [5, 5.41) is 10.7. The number of methoxy groups -OCH3 is 1. The lowest BCUT2D eigenvalue weighted by atomic mass is 10.3. The van der Waals surface area contributed by atoms with Crippen LogP contribution in [-0.2, 0) is 9.53 Å². The minimum atomic E-state index is -0.646. The number of rotatable bonds is 3. The predicted molar refractivity (Wildman–Crippen MR) is 54.4 cm³/mol. The van der Waals surface area contributed by atoms with Crippen LogP contribution in [0.5, 0.6) is 0 Å². The number of hydrogen-bond acceptors (Lipinski definition) is 5. The molecule has 0 aliphatic rings. The summed E-state index contributed by atoms with van der Waals surface area (Å²) in [5.74, 6) is -1.14. The Labute approximate surface area is 91.9 Å². The molecule has 0 atom stereocenters. The Bertz CT molecular complexity index is 451. The van der Waals surface area contributed by atoms with E-state index in [1.165, 1.54) is 19.4 Å². The highest BCUT2D eigenvalue weighted by Crippen LogP contribution is 2.13. The van der Waals surface area contributed by atoms with Gasteiger partial charge in [0.25, 0.3) is 0 Å². The topological polar surface area (TPSA) is 92.1 Å². The number of carbonyl (C=O) groups is 2. The minimum absolute atomic E-state index is 0.0105. The lowest BCUT2D eigenvalue weighted by Crippen LogP contribution is -2.15. The van der Waals surface area contributed by atoms with Gasteiger partial charge in [0.15, 0.2) is 5.69 Å². The molecule has 0 aliphatic heterocycles. The smallest absolute Gasteiger partial charge is 0.358 e. The maximum Gasteiger partial charge on any atom is 0.358 e. The second kappa shape index (κ2) is 5.46. The van der Waals surface area contributed by atoms with Crippen molar-refractivity contribution < 1.29 is 14.3 Å². The van der Waals surface area contributed by atoms with Crippen molar-refractivity contribution in [2.45, 2.75) is 6.42 Å². The number of pyridine rings is 1. The largest absolute Gasteiger partial charge is 0.464 e. The molecule has 0 aromatic carbocycles. The first-order valence-electron chi connectivity index (χ1n) is 4.39. The third-order valence-electron chi connectivity index (χ3n) is 1.70. The Morgan fingerprint density at radius 1 is 1.62 bits per heavy atom. The van der Waals surface area contributed by atoms with Gasteiger partial charge in [-0.1, -0.05) is 0 Å². The molecule has 0 bridgehead atoms. The van der Waals surface area contributed by atoms with E-state index >= 15 is 0 Å². The fourth-order valence-electron chi connectivity index (χ4n) is 1.03. The maximum atomic E-state index is 11.3. The van der Waals surface area contributed by atoms with Gasteiger partial charge in [0.1, 0.15) is 6.42 Å². The predicted octanol–water partition coefficient (Wildman–Crippen LogP) is 0.720. The third kappa shape index (κ3) is 2.78. The summed E-state index contributed by atoms with van der Waals surface area (Å²) in [6.07, 6.45) is 1.13. The van der Waals surface area contributed by atoms with Gasteiger partial charge in [-0.3, -0.25) is 4.79 Å². The van der Waals surface area contributed by atoms with Gasteiger partial charge >= 0.3 is 5.97 Å². The molecule has 1 N–H and O–H groups in total. The number of anilines is 1. The van der Waals surface area contributed by atoms with Crippen molar-refractivity contribution in [2.24, 2.45) is 0 Å². The molecule has 0 radical (unpaired) electrons. The first-order chi connectivity index (χ1) is 7.69. The average molecular weight is 219 g/mol. The number of esters is 1. The molecule has 1 heterocycles. The van der Waals surface area contributed by atoms with Crippen LogP contribution >= 0.6 is 0 Å². The standard InChI is InChI=1S/C10H9N3O3/c1-16-10(15)9-7(3-2-6-12-9)13-8(14)4-5-11/h2-3,6H,4H2,1H3,(H,13,14). The molecule has 1 aromatic rings. The van der Waals surface area contributed by atoms with E-state index in [1.807, 2.05) is 0 Å². The van der Waals surface area contributed by atoms with Crippen LogP contribution in [0, 0.1) is 11.3 Å². The van der Waals surface area contributed by atoms with Crippen molar-refractivity contribution in [3.63, 3.8) is 0 Å². The quantitative estimate of drug-likeness (QED) is 0.756. The van der Waals surface area contributed by atoms with Crippen LogP contribution in [0.1, 0.15) is 16.9 Å². The van der Waals surface area contributed by atoms with Crippen molar-refractivity contribution in [2.75, 3.05) is 12.4 Å². The zero-order chi connectivity index (χ0) is 12.0. The number of nitrogens with one attached hydrogen (secondary N) is 1. The number of amides is 1. The first kappa shape index (κ1) is 11.7. The van der Waals surface area contributed by atoms with Crippen LogP contribution in [0.2, 0.25) is 0 Å². The van der Waals surface area contributed by atoms with E-state index in [0.29, 0.717) is 0 Å². The Hall–Kier alpha value is -2.42. The second-order valence-electron chi connectivity index (χ2n) is 2.77. The van der Waals surface area contributed by atoms with E-state index in [2.05, 4.69) is 15.0 Å². The monoisotopic (exact) mass is 219 g/mol. The highest BCUT2D eigenvalue weighted by molar-refractivity contribution is 6.00. The highest BCUT2D eigenvalue weighted by atomic mass is 16.5. The number of nitrogens with zero attached hydrogens (tertiary/aromatic N) is 2. The molecule has 6 nitrogen and oxygen atoms in total. The molecule has 16 heavy (non-hydrogen) atoms. The molecule has 0 fully saturated rings. The second-order valence-corrected chi connectivity index (χ2v) is 2.77. The molecular weight excluding hydrogens is 210 g/mol. The first-order valence-corrected chi connectivity index (χ1v) is 4.39. The van der Waals surface area contributed by atoms with Gasteiger partial charge in [-0.25, -0.2) is 9.78 Å². The van der Waals surface area contributed by atoms with Crippen LogP contribution in [0.4, 0.5) is 5.69 Å². The average Bonchev–Trinajstić information content (AvgIpc) is 2.29. The Kier molecular flexibility index (Phi) is 3.98. The van der Waals surface area contributed by atoms with Gasteiger partial charge in [0.05, 0.1) is 18.9 Å². The molecule has 1 rings (SSSR count). The molecule has 1 aromatic heterocycles. The molecule has 82 valence electrons. The molecular formula is C10H9N3O3. The summed E-state index contributed by atoms with van der Waals surface area (Å²) in [6.45, 7) is 0. The van der Waals surface area contributed by atoms with E-state index in [0.717, 1.165) is 0 Å². The Morgan fingerprint density at radius 2 is 2.38 bits per heavy atom. The van der Waals surface area contributed by atoms with Crippen LogP contribution in [-0.4, -0.2) is 24.0 Å². The summed E-state index contributed by atoms with van der Waals surface area (Å²) < 4.78 is 4.50. The third-order valence-corrected chi connectivity index (χ3v) is 1.70. The number of ether oxygens (including phenoxy) is 1. The van der Waals surface area contributed by atoms with Gasteiger partial charge < -0.3 is 10.1 Å². The Balaban J connectivity index is 2.92. The molecule has 0 saturated carbocycles. The lowest BCUT2D eigenvalue weighted by molar-refractivity contribution is -0.115. The zero-order valence-corrected chi connectivity index (χ0v) is 8.56. The molecule has 0 aliphatic carbocycles. The summed E-state index contributed by atoms with van der Waals surface area (Å²) in [4.78, 5) is 26.2. The Morgan fingerprint density at radius 3 is 3.00 bits per heavy atom. The van der Waals surface area contributed by atoms with Crippen molar-refractivity contribution in [1.29, 1.82) is 5.26 Å². The van der Waals surface area contributed by atoms with Crippen LogP contribution in [0.15, 0.2) is 18.3 Å². The van der Waals surface area contributed by atoms with Gasteiger partial charge in [-0.2, -0.15) is 5.26 Å². The maximum absolute atomic E-state index is 11.3. The lowest BCUT2D eigenvalue weighted by Gasteiger charge is -2.06. The zero-order valence-electron chi connectivity index (χ0n) is 8.56. The van der Waals surface area contributed by atoms with E-state index in [9.17, 15) is 9.59 Å². The molecule has 0 unspecified atom stereocenters. The molecule has 0 saturated heterocycles. The van der Waals surface area contributed by atoms with Crippen molar-refractivity contribution in [1.82, 2.24) is 4.98 Å². The van der Waals surface area contributed by atoms with Gasteiger partial charge in [-0.05, 0) is 12.1 Å².